The number of nitrogens with two attached hydrogens (primary N) is 1. The van der Waals surface area contributed by atoms with Crippen molar-refractivity contribution >= 4 is 34.9 Å². The Balaban J connectivity index is 1.95. The van der Waals surface area contributed by atoms with Crippen LogP contribution in [-0.2, 0) is 20.9 Å². The van der Waals surface area contributed by atoms with Crippen molar-refractivity contribution < 1.29 is 14.5 Å². The second-order valence-electron chi connectivity index (χ2n) is 7.57. The van der Waals surface area contributed by atoms with E-state index in [0.717, 1.165) is 37.3 Å². The van der Waals surface area contributed by atoms with Crippen molar-refractivity contribution in [3.8, 4) is 11.1 Å². The zero-order valence-corrected chi connectivity index (χ0v) is 18.1. The first-order valence-corrected chi connectivity index (χ1v) is 10.4. The SMILES string of the molecule is COC(=O)Cc1nc2ncnn2c(N2CCC(C)CC2)c1-c1ccc(NON)cc1Cl. The number of carbonyl (C=O) groups is 1. The summed E-state index contributed by atoms with van der Waals surface area (Å²) in [7, 11) is 1.35. The number of nitrogens with zero attached hydrogens (tertiary/aromatic N) is 5. The van der Waals surface area contributed by atoms with Crippen LogP contribution in [0.25, 0.3) is 16.9 Å². The number of fused-ring (bicyclic) bond motifs is 1. The van der Waals surface area contributed by atoms with Crippen molar-refractivity contribution in [1.82, 2.24) is 19.6 Å². The second-order valence-corrected chi connectivity index (χ2v) is 7.97. The van der Waals surface area contributed by atoms with E-state index in [-0.39, 0.29) is 6.42 Å². The zero-order chi connectivity index (χ0) is 22.0. The van der Waals surface area contributed by atoms with Crippen LogP contribution in [0.1, 0.15) is 25.5 Å². The Kier molecular flexibility index (Phi) is 6.21. The van der Waals surface area contributed by atoms with Crippen molar-refractivity contribution in [3.63, 3.8) is 0 Å². The van der Waals surface area contributed by atoms with E-state index in [2.05, 4.69) is 37.3 Å². The van der Waals surface area contributed by atoms with E-state index in [0.29, 0.717) is 33.7 Å². The summed E-state index contributed by atoms with van der Waals surface area (Å²) in [5.74, 6) is 6.57. The number of rotatable bonds is 6. The molecule has 164 valence electrons. The number of anilines is 2. The number of benzene rings is 1. The number of hydrogen-bond acceptors (Lipinski definition) is 9. The third-order valence-electron chi connectivity index (χ3n) is 5.52. The molecule has 1 aliphatic heterocycles. The molecule has 0 unspecified atom stereocenters. The molecule has 1 aromatic carbocycles. The Hall–Kier alpha value is -2.95. The number of ether oxygens (including phenoxy) is 1. The predicted octanol–water partition coefficient (Wildman–Crippen LogP) is 2.61. The number of nitrogens with one attached hydrogen (secondary N) is 1. The van der Waals surface area contributed by atoms with Gasteiger partial charge in [0.1, 0.15) is 12.1 Å². The van der Waals surface area contributed by atoms with Gasteiger partial charge in [-0.1, -0.05) is 24.6 Å². The molecule has 10 nitrogen and oxygen atoms in total. The fourth-order valence-electron chi connectivity index (χ4n) is 3.85. The van der Waals surface area contributed by atoms with E-state index in [9.17, 15) is 4.79 Å². The Labute approximate surface area is 184 Å². The number of carbonyl (C=O) groups excluding carboxylic acids is 1. The summed E-state index contributed by atoms with van der Waals surface area (Å²) in [5, 5.41) is 4.85. The monoisotopic (exact) mass is 445 g/mol. The van der Waals surface area contributed by atoms with Gasteiger partial charge in [0, 0.05) is 24.2 Å². The summed E-state index contributed by atoms with van der Waals surface area (Å²) in [6, 6.07) is 5.31. The van der Waals surface area contributed by atoms with Gasteiger partial charge < -0.3 is 9.64 Å². The summed E-state index contributed by atoms with van der Waals surface area (Å²) in [4.78, 5) is 27.8. The lowest BCUT2D eigenvalue weighted by atomic mass is 9.97. The van der Waals surface area contributed by atoms with Crippen LogP contribution in [0.5, 0.6) is 0 Å². The van der Waals surface area contributed by atoms with Crippen LogP contribution >= 0.6 is 11.6 Å². The van der Waals surface area contributed by atoms with E-state index in [1.54, 1.807) is 16.6 Å². The molecule has 0 radical (unpaired) electrons. The van der Waals surface area contributed by atoms with Gasteiger partial charge in [-0.15, -0.1) is 0 Å². The molecule has 0 aliphatic carbocycles. The highest BCUT2D eigenvalue weighted by molar-refractivity contribution is 6.33. The van der Waals surface area contributed by atoms with Crippen molar-refractivity contribution in [3.05, 3.63) is 35.2 Å². The van der Waals surface area contributed by atoms with E-state index in [4.69, 9.17) is 22.2 Å². The van der Waals surface area contributed by atoms with Gasteiger partial charge in [-0.2, -0.15) is 25.4 Å². The van der Waals surface area contributed by atoms with Gasteiger partial charge in [-0.25, -0.2) is 10.5 Å². The van der Waals surface area contributed by atoms with Crippen LogP contribution in [0.3, 0.4) is 0 Å². The largest absolute Gasteiger partial charge is 0.469 e. The quantitative estimate of drug-likeness (QED) is 0.435. The molecule has 0 amide bonds. The Morgan fingerprint density at radius 2 is 2.13 bits per heavy atom. The molecule has 3 aromatic rings. The van der Waals surface area contributed by atoms with E-state index < -0.39 is 5.97 Å². The molecule has 2 aromatic heterocycles. The van der Waals surface area contributed by atoms with Crippen LogP contribution in [0.2, 0.25) is 5.02 Å². The molecule has 0 bridgehead atoms. The maximum Gasteiger partial charge on any atom is 0.311 e. The molecule has 0 saturated carbocycles. The van der Waals surface area contributed by atoms with Crippen molar-refractivity contribution in [2.75, 3.05) is 30.6 Å². The normalized spacial score (nSPS) is 14.8. The number of halogens is 1. The van der Waals surface area contributed by atoms with E-state index in [1.807, 2.05) is 6.07 Å². The minimum atomic E-state index is -0.401. The maximum atomic E-state index is 12.2. The average molecular weight is 446 g/mol. The molecule has 3 heterocycles. The van der Waals surface area contributed by atoms with Crippen LogP contribution in [-0.4, -0.2) is 45.8 Å². The molecule has 1 fully saturated rings. The number of aromatic nitrogens is 4. The molecular formula is C20H24ClN7O3. The van der Waals surface area contributed by atoms with Gasteiger partial charge >= 0.3 is 5.97 Å². The van der Waals surface area contributed by atoms with Gasteiger partial charge in [0.2, 0.25) is 0 Å². The molecule has 1 aliphatic rings. The first-order valence-electron chi connectivity index (χ1n) is 9.97. The summed E-state index contributed by atoms with van der Waals surface area (Å²) in [6.45, 7) is 3.95. The Morgan fingerprint density at radius 3 is 2.81 bits per heavy atom. The number of piperidine rings is 1. The smallest absolute Gasteiger partial charge is 0.311 e. The maximum absolute atomic E-state index is 12.2. The fourth-order valence-corrected chi connectivity index (χ4v) is 4.12. The first-order chi connectivity index (χ1) is 15.0. The van der Waals surface area contributed by atoms with Crippen LogP contribution in [0, 0.1) is 5.92 Å². The first kappa shape index (κ1) is 21.3. The topological polar surface area (TPSA) is 120 Å². The highest BCUT2D eigenvalue weighted by Crippen LogP contribution is 2.40. The number of hydrogen-bond donors (Lipinski definition) is 2. The standard InChI is InChI=1S/C20H24ClN7O3/c1-12-5-7-27(8-6-12)19-18(14-4-3-13(26-31-22)9-15(14)21)16(10-17(29)30-2)25-20-23-11-24-28(19)20/h3-4,9,11-12,26H,5-8,10,22H2,1-2H3. The Morgan fingerprint density at radius 1 is 1.35 bits per heavy atom. The average Bonchev–Trinajstić information content (AvgIpc) is 3.22. The molecule has 1 saturated heterocycles. The summed E-state index contributed by atoms with van der Waals surface area (Å²) in [6.07, 6.45) is 3.54. The molecule has 11 heteroatoms. The fraction of sp³-hybridized carbons (Fsp3) is 0.400. The second kappa shape index (κ2) is 9.04. The van der Waals surface area contributed by atoms with Crippen LogP contribution < -0.4 is 16.3 Å². The highest BCUT2D eigenvalue weighted by Gasteiger charge is 2.27. The molecule has 0 spiro atoms. The predicted molar refractivity (Wildman–Crippen MR) is 116 cm³/mol. The third-order valence-corrected chi connectivity index (χ3v) is 5.83. The lowest BCUT2D eigenvalue weighted by molar-refractivity contribution is -0.139. The summed E-state index contributed by atoms with van der Waals surface area (Å²) >= 11 is 6.66. The van der Waals surface area contributed by atoms with Gasteiger partial charge in [-0.3, -0.25) is 4.79 Å². The lowest BCUT2D eigenvalue weighted by Gasteiger charge is -2.34. The van der Waals surface area contributed by atoms with Crippen molar-refractivity contribution in [2.24, 2.45) is 11.8 Å². The molecule has 0 atom stereocenters. The van der Waals surface area contributed by atoms with Crippen molar-refractivity contribution in [1.29, 1.82) is 0 Å². The molecule has 31 heavy (non-hydrogen) atoms. The van der Waals surface area contributed by atoms with Gasteiger partial charge in [0.25, 0.3) is 5.78 Å². The lowest BCUT2D eigenvalue weighted by Crippen LogP contribution is -2.35. The summed E-state index contributed by atoms with van der Waals surface area (Å²) < 4.78 is 6.62. The van der Waals surface area contributed by atoms with Crippen LogP contribution in [0.4, 0.5) is 11.5 Å². The van der Waals surface area contributed by atoms with Gasteiger partial charge in [0.15, 0.2) is 0 Å². The van der Waals surface area contributed by atoms with Gasteiger partial charge in [-0.05, 0) is 30.9 Å². The van der Waals surface area contributed by atoms with Gasteiger partial charge in [0.05, 0.1) is 29.9 Å². The van der Waals surface area contributed by atoms with Crippen molar-refractivity contribution in [2.45, 2.75) is 26.2 Å². The molecular weight excluding hydrogens is 422 g/mol. The Bertz CT molecular complexity index is 1100. The minimum absolute atomic E-state index is 0.0192. The molecule has 4 rings (SSSR count). The van der Waals surface area contributed by atoms with E-state index in [1.165, 1.54) is 13.4 Å². The minimum Gasteiger partial charge on any atom is -0.469 e. The summed E-state index contributed by atoms with van der Waals surface area (Å²) in [5.41, 5.74) is 5.11. The number of methoxy groups -OCH3 is 1. The molecule has 3 N–H and O–H groups in total. The van der Waals surface area contributed by atoms with Crippen LogP contribution in [0.15, 0.2) is 24.5 Å². The third kappa shape index (κ3) is 4.27. The van der Waals surface area contributed by atoms with E-state index >= 15 is 0 Å². The number of esters is 1. The zero-order valence-electron chi connectivity index (χ0n) is 17.3. The highest BCUT2D eigenvalue weighted by atomic mass is 35.5.